The molecule has 0 spiro atoms. The maximum atomic E-state index is 4.46. The molecular formula is C11H11BrN2. The van der Waals surface area contributed by atoms with Gasteiger partial charge in [0.15, 0.2) is 0 Å². The van der Waals surface area contributed by atoms with Gasteiger partial charge in [-0.05, 0) is 36.8 Å². The van der Waals surface area contributed by atoms with E-state index in [0.717, 1.165) is 15.8 Å². The lowest BCUT2D eigenvalue weighted by atomic mass is 10.1. The fourth-order valence-electron chi connectivity index (χ4n) is 1.49. The number of halogens is 1. The fourth-order valence-corrected chi connectivity index (χ4v) is 1.86. The van der Waals surface area contributed by atoms with Crippen LogP contribution >= 0.6 is 15.9 Å². The highest BCUT2D eigenvalue weighted by Gasteiger charge is 2.01. The largest absolute Gasteiger partial charge is 0.373 e. The van der Waals surface area contributed by atoms with Crippen molar-refractivity contribution >= 4 is 32.7 Å². The van der Waals surface area contributed by atoms with Crippen LogP contribution in [0.3, 0.4) is 0 Å². The quantitative estimate of drug-likeness (QED) is 0.840. The van der Waals surface area contributed by atoms with E-state index >= 15 is 0 Å². The summed E-state index contributed by atoms with van der Waals surface area (Å²) < 4.78 is 1.09. The zero-order valence-corrected chi connectivity index (χ0v) is 9.72. The van der Waals surface area contributed by atoms with Crippen LogP contribution in [0.25, 0.3) is 10.9 Å². The number of hydrogen-bond donors (Lipinski definition) is 1. The topological polar surface area (TPSA) is 24.9 Å². The van der Waals surface area contributed by atoms with Gasteiger partial charge >= 0.3 is 0 Å². The van der Waals surface area contributed by atoms with Crippen LogP contribution in [0.5, 0.6) is 0 Å². The first-order valence-corrected chi connectivity index (χ1v) is 5.24. The minimum Gasteiger partial charge on any atom is -0.373 e. The minimum absolute atomic E-state index is 0.914. The Morgan fingerprint density at radius 1 is 1.29 bits per heavy atom. The van der Waals surface area contributed by atoms with Gasteiger partial charge < -0.3 is 5.32 Å². The minimum atomic E-state index is 0.914. The Morgan fingerprint density at radius 3 is 2.79 bits per heavy atom. The van der Waals surface area contributed by atoms with Crippen molar-refractivity contribution in [3.05, 3.63) is 34.3 Å². The summed E-state index contributed by atoms with van der Waals surface area (Å²) in [5, 5.41) is 4.24. The van der Waals surface area contributed by atoms with Crippen molar-refractivity contribution in [2.45, 2.75) is 6.92 Å². The van der Waals surface area contributed by atoms with Gasteiger partial charge in [0.1, 0.15) is 5.82 Å². The van der Waals surface area contributed by atoms with Crippen molar-refractivity contribution in [2.24, 2.45) is 0 Å². The molecule has 0 radical (unpaired) electrons. The average molecular weight is 251 g/mol. The lowest BCUT2D eigenvalue weighted by Gasteiger charge is -2.05. The third-order valence-corrected chi connectivity index (χ3v) is 2.73. The third-order valence-electron chi connectivity index (χ3n) is 2.23. The standard InChI is InChI=1S/C11H11BrN2/c1-7-5-11(13-2)14-10-4-3-8(12)6-9(7)10/h3-6H,1-2H3,(H,13,14). The Morgan fingerprint density at radius 2 is 2.07 bits per heavy atom. The molecule has 1 aromatic heterocycles. The highest BCUT2D eigenvalue weighted by atomic mass is 79.9. The van der Waals surface area contributed by atoms with Crippen LogP contribution in [0.2, 0.25) is 0 Å². The first-order chi connectivity index (χ1) is 6.70. The SMILES string of the molecule is CNc1cc(C)c2cc(Br)ccc2n1. The van der Waals surface area contributed by atoms with E-state index in [0.29, 0.717) is 0 Å². The Labute approximate surface area is 91.5 Å². The Kier molecular flexibility index (Phi) is 2.42. The second kappa shape index (κ2) is 3.58. The third kappa shape index (κ3) is 1.60. The summed E-state index contributed by atoms with van der Waals surface area (Å²) in [6.07, 6.45) is 0. The molecule has 14 heavy (non-hydrogen) atoms. The summed E-state index contributed by atoms with van der Waals surface area (Å²) in [4.78, 5) is 4.46. The van der Waals surface area contributed by atoms with Crippen molar-refractivity contribution in [2.75, 3.05) is 12.4 Å². The van der Waals surface area contributed by atoms with Gasteiger partial charge in [-0.25, -0.2) is 4.98 Å². The van der Waals surface area contributed by atoms with Crippen LogP contribution in [0.1, 0.15) is 5.56 Å². The zero-order chi connectivity index (χ0) is 10.1. The van der Waals surface area contributed by atoms with Crippen molar-refractivity contribution in [1.82, 2.24) is 4.98 Å². The lowest BCUT2D eigenvalue weighted by molar-refractivity contribution is 1.32. The van der Waals surface area contributed by atoms with Crippen LogP contribution in [0.15, 0.2) is 28.7 Å². The highest BCUT2D eigenvalue weighted by Crippen LogP contribution is 2.23. The van der Waals surface area contributed by atoms with E-state index in [4.69, 9.17) is 0 Å². The highest BCUT2D eigenvalue weighted by molar-refractivity contribution is 9.10. The number of pyridine rings is 1. The Bertz CT molecular complexity index is 480. The van der Waals surface area contributed by atoms with Crippen LogP contribution in [0, 0.1) is 6.92 Å². The molecule has 0 aliphatic heterocycles. The first-order valence-electron chi connectivity index (χ1n) is 4.45. The van der Waals surface area contributed by atoms with E-state index in [1.54, 1.807) is 0 Å². The molecule has 2 aromatic rings. The van der Waals surface area contributed by atoms with E-state index in [1.807, 2.05) is 19.2 Å². The van der Waals surface area contributed by atoms with E-state index in [1.165, 1.54) is 10.9 Å². The molecule has 0 amide bonds. The number of anilines is 1. The van der Waals surface area contributed by atoms with Gasteiger partial charge in [-0.15, -0.1) is 0 Å². The van der Waals surface area contributed by atoms with Gasteiger partial charge in [0.2, 0.25) is 0 Å². The molecule has 1 aromatic carbocycles. The number of rotatable bonds is 1. The van der Waals surface area contributed by atoms with Crippen molar-refractivity contribution < 1.29 is 0 Å². The van der Waals surface area contributed by atoms with E-state index in [-0.39, 0.29) is 0 Å². The summed E-state index contributed by atoms with van der Waals surface area (Å²) in [6, 6.07) is 8.17. The molecule has 0 atom stereocenters. The molecule has 0 unspecified atom stereocenters. The lowest BCUT2D eigenvalue weighted by Crippen LogP contribution is -1.93. The molecular weight excluding hydrogens is 240 g/mol. The molecule has 0 fully saturated rings. The summed E-state index contributed by atoms with van der Waals surface area (Å²) in [5.74, 6) is 0.914. The number of fused-ring (bicyclic) bond motifs is 1. The maximum Gasteiger partial charge on any atom is 0.126 e. The molecule has 0 aliphatic carbocycles. The van der Waals surface area contributed by atoms with E-state index in [2.05, 4.69) is 45.3 Å². The molecule has 3 heteroatoms. The second-order valence-corrected chi connectivity index (χ2v) is 4.15. The molecule has 1 heterocycles. The summed E-state index contributed by atoms with van der Waals surface area (Å²) in [6.45, 7) is 2.09. The van der Waals surface area contributed by atoms with E-state index in [9.17, 15) is 0 Å². The van der Waals surface area contributed by atoms with Gasteiger partial charge in [-0.1, -0.05) is 15.9 Å². The molecule has 0 aliphatic rings. The number of hydrogen-bond acceptors (Lipinski definition) is 2. The van der Waals surface area contributed by atoms with Crippen molar-refractivity contribution in [3.63, 3.8) is 0 Å². The van der Waals surface area contributed by atoms with Crippen LogP contribution < -0.4 is 5.32 Å². The summed E-state index contributed by atoms with van der Waals surface area (Å²) >= 11 is 3.46. The van der Waals surface area contributed by atoms with Gasteiger partial charge in [0.25, 0.3) is 0 Å². The van der Waals surface area contributed by atoms with Gasteiger partial charge in [-0.3, -0.25) is 0 Å². The second-order valence-electron chi connectivity index (χ2n) is 3.24. The predicted molar refractivity (Wildman–Crippen MR) is 63.7 cm³/mol. The molecule has 0 bridgehead atoms. The Hall–Kier alpha value is -1.09. The molecule has 0 saturated carbocycles. The Balaban J connectivity index is 2.76. The maximum absolute atomic E-state index is 4.46. The van der Waals surface area contributed by atoms with Gasteiger partial charge in [0, 0.05) is 16.9 Å². The molecule has 2 rings (SSSR count). The smallest absolute Gasteiger partial charge is 0.126 e. The number of aromatic nitrogens is 1. The summed E-state index contributed by atoms with van der Waals surface area (Å²) in [7, 11) is 1.88. The fraction of sp³-hybridized carbons (Fsp3) is 0.182. The van der Waals surface area contributed by atoms with E-state index < -0.39 is 0 Å². The summed E-state index contributed by atoms with van der Waals surface area (Å²) in [5.41, 5.74) is 2.26. The molecule has 0 saturated heterocycles. The normalized spacial score (nSPS) is 10.5. The van der Waals surface area contributed by atoms with Gasteiger partial charge in [-0.2, -0.15) is 0 Å². The monoisotopic (exact) mass is 250 g/mol. The molecule has 72 valence electrons. The van der Waals surface area contributed by atoms with Crippen LogP contribution in [0.4, 0.5) is 5.82 Å². The van der Waals surface area contributed by atoms with Crippen LogP contribution in [-0.2, 0) is 0 Å². The van der Waals surface area contributed by atoms with Crippen molar-refractivity contribution in [3.8, 4) is 0 Å². The zero-order valence-electron chi connectivity index (χ0n) is 8.13. The van der Waals surface area contributed by atoms with Crippen LogP contribution in [-0.4, -0.2) is 12.0 Å². The average Bonchev–Trinajstić information content (AvgIpc) is 2.19. The number of benzene rings is 1. The van der Waals surface area contributed by atoms with Gasteiger partial charge in [0.05, 0.1) is 5.52 Å². The molecule has 2 nitrogen and oxygen atoms in total. The first kappa shape index (κ1) is 9.46. The molecule has 1 N–H and O–H groups in total. The predicted octanol–water partition coefficient (Wildman–Crippen LogP) is 3.35. The number of nitrogens with one attached hydrogen (secondary N) is 1. The number of aryl methyl sites for hydroxylation is 1. The number of nitrogens with zero attached hydrogens (tertiary/aromatic N) is 1. The van der Waals surface area contributed by atoms with Crippen molar-refractivity contribution in [1.29, 1.82) is 0 Å².